The molecule has 1 N–H and O–H groups in total. The fraction of sp³-hybridized carbons (Fsp3) is 0.600. The molecule has 3 heteroatoms. The number of nitrogens with zero attached hydrogens (tertiary/aromatic N) is 1. The van der Waals surface area contributed by atoms with E-state index in [1.54, 1.807) is 0 Å². The quantitative estimate of drug-likeness (QED) is 0.898. The Morgan fingerprint density at radius 1 is 1.17 bits per heavy atom. The SMILES string of the molecule is CC(c1ccc(Cl)cc1)N1CCC(NC2CC2)C1. The highest BCUT2D eigenvalue weighted by atomic mass is 35.5. The van der Waals surface area contributed by atoms with Crippen LogP contribution in [-0.2, 0) is 0 Å². The van der Waals surface area contributed by atoms with E-state index in [2.05, 4.69) is 29.3 Å². The zero-order valence-electron chi connectivity index (χ0n) is 10.9. The number of benzene rings is 1. The van der Waals surface area contributed by atoms with Crippen LogP contribution in [0.25, 0.3) is 0 Å². The van der Waals surface area contributed by atoms with E-state index in [-0.39, 0.29) is 0 Å². The predicted octanol–water partition coefficient (Wildman–Crippen LogP) is 3.23. The third kappa shape index (κ3) is 2.87. The molecule has 2 atom stereocenters. The van der Waals surface area contributed by atoms with Crippen LogP contribution in [-0.4, -0.2) is 30.1 Å². The van der Waals surface area contributed by atoms with Gasteiger partial charge in [0.05, 0.1) is 0 Å². The lowest BCUT2D eigenvalue weighted by atomic mass is 10.1. The average molecular weight is 265 g/mol. The molecule has 0 aromatic heterocycles. The van der Waals surface area contributed by atoms with E-state index in [1.807, 2.05) is 12.1 Å². The first-order chi connectivity index (χ1) is 8.72. The summed E-state index contributed by atoms with van der Waals surface area (Å²) < 4.78 is 0. The lowest BCUT2D eigenvalue weighted by molar-refractivity contribution is 0.255. The Bertz CT molecular complexity index is 399. The molecular weight excluding hydrogens is 244 g/mol. The van der Waals surface area contributed by atoms with Gasteiger partial charge in [0.25, 0.3) is 0 Å². The van der Waals surface area contributed by atoms with Crippen molar-refractivity contribution in [1.29, 1.82) is 0 Å². The van der Waals surface area contributed by atoms with Gasteiger partial charge in [-0.2, -0.15) is 0 Å². The van der Waals surface area contributed by atoms with Crippen molar-refractivity contribution in [2.75, 3.05) is 13.1 Å². The van der Waals surface area contributed by atoms with Gasteiger partial charge >= 0.3 is 0 Å². The summed E-state index contributed by atoms with van der Waals surface area (Å²) in [5, 5.41) is 4.56. The second-order valence-electron chi connectivity index (χ2n) is 5.65. The molecule has 1 aliphatic carbocycles. The Hall–Kier alpha value is -0.570. The van der Waals surface area contributed by atoms with Crippen molar-refractivity contribution in [3.8, 4) is 0 Å². The monoisotopic (exact) mass is 264 g/mol. The predicted molar refractivity (Wildman–Crippen MR) is 76.0 cm³/mol. The number of nitrogens with one attached hydrogen (secondary N) is 1. The molecule has 2 nitrogen and oxygen atoms in total. The van der Waals surface area contributed by atoms with Crippen molar-refractivity contribution in [2.45, 2.75) is 44.3 Å². The molecule has 1 saturated carbocycles. The minimum atomic E-state index is 0.494. The third-order valence-electron chi connectivity index (χ3n) is 4.17. The van der Waals surface area contributed by atoms with E-state index in [9.17, 15) is 0 Å². The van der Waals surface area contributed by atoms with Crippen LogP contribution in [0.5, 0.6) is 0 Å². The van der Waals surface area contributed by atoms with E-state index >= 15 is 0 Å². The Balaban J connectivity index is 1.59. The molecule has 2 aliphatic rings. The van der Waals surface area contributed by atoms with Crippen LogP contribution < -0.4 is 5.32 Å². The number of hydrogen-bond acceptors (Lipinski definition) is 2. The maximum absolute atomic E-state index is 5.94. The molecule has 2 fully saturated rings. The maximum atomic E-state index is 5.94. The van der Waals surface area contributed by atoms with Crippen LogP contribution in [0.2, 0.25) is 5.02 Å². The molecule has 1 saturated heterocycles. The first-order valence-corrected chi connectivity index (χ1v) is 7.36. The highest BCUT2D eigenvalue weighted by Crippen LogP contribution is 2.27. The molecule has 0 radical (unpaired) electrons. The first kappa shape index (κ1) is 12.5. The highest BCUT2D eigenvalue weighted by molar-refractivity contribution is 6.30. The average Bonchev–Trinajstić information content (AvgIpc) is 3.05. The topological polar surface area (TPSA) is 15.3 Å². The zero-order chi connectivity index (χ0) is 12.5. The van der Waals surface area contributed by atoms with Crippen molar-refractivity contribution in [2.24, 2.45) is 0 Å². The minimum Gasteiger partial charge on any atom is -0.310 e. The Labute approximate surface area is 114 Å². The van der Waals surface area contributed by atoms with E-state index in [1.165, 1.54) is 37.9 Å². The number of halogens is 1. The minimum absolute atomic E-state index is 0.494. The number of rotatable bonds is 4. The van der Waals surface area contributed by atoms with Crippen molar-refractivity contribution < 1.29 is 0 Å². The van der Waals surface area contributed by atoms with Crippen molar-refractivity contribution in [3.05, 3.63) is 34.9 Å². The summed E-state index contributed by atoms with van der Waals surface area (Å²) in [6, 6.07) is 10.3. The molecule has 18 heavy (non-hydrogen) atoms. The second-order valence-corrected chi connectivity index (χ2v) is 6.09. The molecule has 3 rings (SSSR count). The lowest BCUT2D eigenvalue weighted by Crippen LogP contribution is -2.34. The van der Waals surface area contributed by atoms with Gasteiger partial charge in [0.1, 0.15) is 0 Å². The Morgan fingerprint density at radius 3 is 2.56 bits per heavy atom. The number of likely N-dealkylation sites (tertiary alicyclic amines) is 1. The standard InChI is InChI=1S/C15H21ClN2/c1-11(12-2-4-13(16)5-3-12)18-9-8-15(10-18)17-14-6-7-14/h2-5,11,14-15,17H,6-10H2,1H3. The van der Waals surface area contributed by atoms with Gasteiger partial charge in [-0.3, -0.25) is 4.90 Å². The largest absolute Gasteiger partial charge is 0.310 e. The van der Waals surface area contributed by atoms with Crippen LogP contribution in [0.3, 0.4) is 0 Å². The molecule has 1 aromatic carbocycles. The highest BCUT2D eigenvalue weighted by Gasteiger charge is 2.31. The van der Waals surface area contributed by atoms with Crippen LogP contribution in [0.4, 0.5) is 0 Å². The Kier molecular flexibility index (Phi) is 3.60. The zero-order valence-corrected chi connectivity index (χ0v) is 11.7. The molecular formula is C15H21ClN2. The van der Waals surface area contributed by atoms with Gasteiger partial charge in [-0.05, 0) is 43.9 Å². The third-order valence-corrected chi connectivity index (χ3v) is 4.42. The second kappa shape index (κ2) is 5.20. The molecule has 0 spiro atoms. The summed E-state index contributed by atoms with van der Waals surface area (Å²) in [4.78, 5) is 2.57. The summed E-state index contributed by atoms with van der Waals surface area (Å²) >= 11 is 5.94. The van der Waals surface area contributed by atoms with Crippen LogP contribution in [0.15, 0.2) is 24.3 Å². The summed E-state index contributed by atoms with van der Waals surface area (Å²) in [6.45, 7) is 4.68. The van der Waals surface area contributed by atoms with Gasteiger partial charge in [0.15, 0.2) is 0 Å². The fourth-order valence-electron chi connectivity index (χ4n) is 2.81. The van der Waals surface area contributed by atoms with E-state index < -0.39 is 0 Å². The van der Waals surface area contributed by atoms with Gasteiger partial charge in [0.2, 0.25) is 0 Å². The van der Waals surface area contributed by atoms with Crippen molar-refractivity contribution in [1.82, 2.24) is 10.2 Å². The summed E-state index contributed by atoms with van der Waals surface area (Å²) in [6.07, 6.45) is 4.04. The van der Waals surface area contributed by atoms with Gasteiger partial charge < -0.3 is 5.32 Å². The molecule has 1 aromatic rings. The normalized spacial score (nSPS) is 26.4. The molecule has 0 amide bonds. The molecule has 1 heterocycles. The van der Waals surface area contributed by atoms with E-state index in [0.717, 1.165) is 11.1 Å². The summed E-state index contributed by atoms with van der Waals surface area (Å²) in [5.41, 5.74) is 1.37. The van der Waals surface area contributed by atoms with E-state index in [0.29, 0.717) is 12.1 Å². The molecule has 2 unspecified atom stereocenters. The van der Waals surface area contributed by atoms with Gasteiger partial charge in [0, 0.05) is 36.2 Å². The first-order valence-electron chi connectivity index (χ1n) is 6.98. The Morgan fingerprint density at radius 2 is 1.89 bits per heavy atom. The van der Waals surface area contributed by atoms with Crippen LogP contribution in [0.1, 0.15) is 37.8 Å². The number of hydrogen-bond donors (Lipinski definition) is 1. The van der Waals surface area contributed by atoms with Crippen LogP contribution >= 0.6 is 11.6 Å². The van der Waals surface area contributed by atoms with Gasteiger partial charge in [-0.1, -0.05) is 23.7 Å². The smallest absolute Gasteiger partial charge is 0.0406 e. The van der Waals surface area contributed by atoms with E-state index in [4.69, 9.17) is 11.6 Å². The van der Waals surface area contributed by atoms with Crippen molar-refractivity contribution >= 4 is 11.6 Å². The maximum Gasteiger partial charge on any atom is 0.0406 e. The molecule has 98 valence electrons. The van der Waals surface area contributed by atoms with Gasteiger partial charge in [-0.15, -0.1) is 0 Å². The summed E-state index contributed by atoms with van der Waals surface area (Å²) in [7, 11) is 0. The molecule has 1 aliphatic heterocycles. The lowest BCUT2D eigenvalue weighted by Gasteiger charge is -2.25. The van der Waals surface area contributed by atoms with Crippen LogP contribution in [0, 0.1) is 0 Å². The van der Waals surface area contributed by atoms with Gasteiger partial charge in [-0.25, -0.2) is 0 Å². The van der Waals surface area contributed by atoms with Crippen molar-refractivity contribution in [3.63, 3.8) is 0 Å². The molecule has 0 bridgehead atoms. The summed E-state index contributed by atoms with van der Waals surface area (Å²) in [5.74, 6) is 0. The fourth-order valence-corrected chi connectivity index (χ4v) is 2.94.